The third-order valence-corrected chi connectivity index (χ3v) is 5.14. The highest BCUT2D eigenvalue weighted by Gasteiger charge is 2.26. The van der Waals surface area contributed by atoms with Crippen molar-refractivity contribution in [2.45, 2.75) is 11.0 Å². The second kappa shape index (κ2) is 7.07. The smallest absolute Gasteiger partial charge is 0.261 e. The predicted molar refractivity (Wildman–Crippen MR) is 81.5 cm³/mol. The van der Waals surface area contributed by atoms with Crippen molar-refractivity contribution in [1.82, 2.24) is 0 Å². The highest BCUT2D eigenvalue weighted by Crippen LogP contribution is 2.38. The Bertz CT molecular complexity index is 612. The van der Waals surface area contributed by atoms with E-state index in [0.29, 0.717) is 13.2 Å². The van der Waals surface area contributed by atoms with Crippen LogP contribution in [0.5, 0.6) is 0 Å². The summed E-state index contributed by atoms with van der Waals surface area (Å²) in [6.45, 7) is 0.631. The molecule has 0 aromatic carbocycles. The van der Waals surface area contributed by atoms with Gasteiger partial charge in [-0.1, -0.05) is 0 Å². The molecule has 0 aliphatic carbocycles. The van der Waals surface area contributed by atoms with Crippen LogP contribution in [0.15, 0.2) is 4.90 Å². The van der Waals surface area contributed by atoms with Crippen LogP contribution in [-0.4, -0.2) is 54.1 Å². The summed E-state index contributed by atoms with van der Waals surface area (Å²) in [5.74, 6) is -0.768. The average molecular weight is 337 g/mol. The number of sulfone groups is 1. The predicted octanol–water partition coefficient (Wildman–Crippen LogP) is -0.0940. The Labute approximate surface area is 127 Å². The van der Waals surface area contributed by atoms with Crippen molar-refractivity contribution < 1.29 is 22.7 Å². The number of nitrogens with one attached hydrogen (secondary N) is 1. The summed E-state index contributed by atoms with van der Waals surface area (Å²) < 4.78 is 33.8. The first-order valence-corrected chi connectivity index (χ1v) is 8.60. The number of rotatable bonds is 8. The van der Waals surface area contributed by atoms with Gasteiger partial charge >= 0.3 is 0 Å². The summed E-state index contributed by atoms with van der Waals surface area (Å²) in [6.07, 6.45) is 0.743. The van der Waals surface area contributed by atoms with Crippen LogP contribution in [0.25, 0.3) is 0 Å². The van der Waals surface area contributed by atoms with Gasteiger partial charge in [-0.15, -0.1) is 11.3 Å². The summed E-state index contributed by atoms with van der Waals surface area (Å²) in [4.78, 5) is 11.2. The molecule has 0 saturated heterocycles. The minimum Gasteiger partial charge on any atom is -0.396 e. The molecule has 0 spiro atoms. The fourth-order valence-corrected chi connectivity index (χ4v) is 4.13. The topological polar surface area (TPSA) is 134 Å². The minimum atomic E-state index is -3.60. The number of hydrogen-bond acceptors (Lipinski definition) is 8. The first kappa shape index (κ1) is 17.7. The molecule has 1 unspecified atom stereocenters. The molecule has 10 heteroatoms. The van der Waals surface area contributed by atoms with Gasteiger partial charge in [0, 0.05) is 27.0 Å². The Balaban J connectivity index is 3.11. The molecule has 0 aliphatic rings. The van der Waals surface area contributed by atoms with Gasteiger partial charge in [0.15, 0.2) is 9.84 Å². The van der Waals surface area contributed by atoms with Crippen LogP contribution in [0.1, 0.15) is 9.67 Å². The molecular weight excluding hydrogens is 318 g/mol. The Hall–Kier alpha value is -1.36. The molecule has 1 aromatic rings. The SMILES string of the molecule is COCC(CNc1sc(C(N)=O)c(N)c1S(C)(=O)=O)OC. The molecule has 1 aromatic heterocycles. The van der Waals surface area contributed by atoms with Crippen LogP contribution in [0, 0.1) is 0 Å². The Kier molecular flexibility index (Phi) is 5.96. The summed E-state index contributed by atoms with van der Waals surface area (Å²) in [6, 6.07) is 0. The maximum Gasteiger partial charge on any atom is 0.261 e. The van der Waals surface area contributed by atoms with Crippen molar-refractivity contribution in [1.29, 1.82) is 0 Å². The third kappa shape index (κ3) is 4.30. The number of methoxy groups -OCH3 is 2. The number of carbonyl (C=O) groups is 1. The fraction of sp³-hybridized carbons (Fsp3) is 0.545. The molecule has 1 heterocycles. The van der Waals surface area contributed by atoms with Crippen LogP contribution in [0.2, 0.25) is 0 Å². The van der Waals surface area contributed by atoms with E-state index in [1.54, 1.807) is 0 Å². The van der Waals surface area contributed by atoms with Crippen molar-refractivity contribution in [3.63, 3.8) is 0 Å². The largest absolute Gasteiger partial charge is 0.396 e. The van der Waals surface area contributed by atoms with Crippen LogP contribution in [0.4, 0.5) is 10.7 Å². The number of primary amides is 1. The zero-order valence-corrected chi connectivity index (χ0v) is 13.6. The van der Waals surface area contributed by atoms with Crippen LogP contribution >= 0.6 is 11.3 Å². The highest BCUT2D eigenvalue weighted by molar-refractivity contribution is 7.91. The number of hydrogen-bond donors (Lipinski definition) is 3. The molecule has 120 valence electrons. The average Bonchev–Trinajstić information content (AvgIpc) is 2.71. The molecule has 0 aliphatic heterocycles. The van der Waals surface area contributed by atoms with E-state index in [4.69, 9.17) is 20.9 Å². The molecule has 0 bridgehead atoms. The molecule has 0 saturated carbocycles. The maximum atomic E-state index is 11.8. The lowest BCUT2D eigenvalue weighted by Crippen LogP contribution is -2.26. The molecular formula is C11H19N3O5S2. The molecule has 8 nitrogen and oxygen atoms in total. The summed E-state index contributed by atoms with van der Waals surface area (Å²) in [5.41, 5.74) is 10.8. The van der Waals surface area contributed by atoms with E-state index in [-0.39, 0.29) is 26.6 Å². The number of amides is 1. The van der Waals surface area contributed by atoms with E-state index in [2.05, 4.69) is 5.32 Å². The Morgan fingerprint density at radius 3 is 2.48 bits per heavy atom. The molecule has 0 fully saturated rings. The van der Waals surface area contributed by atoms with Gasteiger partial charge in [-0.25, -0.2) is 8.42 Å². The number of ether oxygens (including phenoxy) is 2. The van der Waals surface area contributed by atoms with Gasteiger partial charge in [0.05, 0.1) is 18.4 Å². The van der Waals surface area contributed by atoms with E-state index in [1.807, 2.05) is 0 Å². The van der Waals surface area contributed by atoms with E-state index in [9.17, 15) is 13.2 Å². The number of anilines is 2. The van der Waals surface area contributed by atoms with Crippen LogP contribution in [0.3, 0.4) is 0 Å². The van der Waals surface area contributed by atoms with Gasteiger partial charge in [-0.05, 0) is 0 Å². The second-order valence-corrected chi connectivity index (χ2v) is 7.31. The van der Waals surface area contributed by atoms with Crippen molar-refractivity contribution >= 4 is 37.8 Å². The van der Waals surface area contributed by atoms with Crippen LogP contribution in [-0.2, 0) is 19.3 Å². The first-order valence-electron chi connectivity index (χ1n) is 5.90. The van der Waals surface area contributed by atoms with Gasteiger partial charge in [0.1, 0.15) is 14.8 Å². The monoisotopic (exact) mass is 337 g/mol. The molecule has 5 N–H and O–H groups in total. The van der Waals surface area contributed by atoms with Gasteiger partial charge in [-0.3, -0.25) is 4.79 Å². The molecule has 0 radical (unpaired) electrons. The van der Waals surface area contributed by atoms with Gasteiger partial charge < -0.3 is 26.3 Å². The van der Waals surface area contributed by atoms with Crippen molar-refractivity contribution in [3.05, 3.63) is 4.88 Å². The minimum absolute atomic E-state index is 0.0126. The quantitative estimate of drug-likeness (QED) is 0.603. The van der Waals surface area contributed by atoms with Crippen molar-refractivity contribution in [3.8, 4) is 0 Å². The maximum absolute atomic E-state index is 11.8. The van der Waals surface area contributed by atoms with Gasteiger partial charge in [-0.2, -0.15) is 0 Å². The zero-order chi connectivity index (χ0) is 16.2. The van der Waals surface area contributed by atoms with Gasteiger partial charge in [0.25, 0.3) is 5.91 Å². The first-order chi connectivity index (χ1) is 9.72. The Morgan fingerprint density at radius 1 is 1.43 bits per heavy atom. The number of thiophene rings is 1. The van der Waals surface area contributed by atoms with Gasteiger partial charge in [0.2, 0.25) is 0 Å². The fourth-order valence-electron chi connectivity index (χ4n) is 1.70. The highest BCUT2D eigenvalue weighted by atomic mass is 32.2. The van der Waals surface area contributed by atoms with Crippen molar-refractivity contribution in [2.24, 2.45) is 5.73 Å². The van der Waals surface area contributed by atoms with E-state index in [1.165, 1.54) is 14.2 Å². The third-order valence-electron chi connectivity index (χ3n) is 2.67. The number of nitrogen functional groups attached to an aromatic ring is 1. The molecule has 21 heavy (non-hydrogen) atoms. The lowest BCUT2D eigenvalue weighted by Gasteiger charge is -2.15. The van der Waals surface area contributed by atoms with Crippen LogP contribution < -0.4 is 16.8 Å². The van der Waals surface area contributed by atoms with Crippen molar-refractivity contribution in [2.75, 3.05) is 44.7 Å². The summed E-state index contributed by atoms with van der Waals surface area (Å²) >= 11 is 0.905. The molecule has 1 amide bonds. The number of carbonyl (C=O) groups excluding carboxylic acids is 1. The lowest BCUT2D eigenvalue weighted by molar-refractivity contribution is 0.0366. The van der Waals surface area contributed by atoms with E-state index in [0.717, 1.165) is 17.6 Å². The number of nitrogens with two attached hydrogens (primary N) is 2. The molecule has 1 rings (SSSR count). The molecule has 1 atom stereocenters. The van der Waals surface area contributed by atoms with E-state index < -0.39 is 15.7 Å². The summed E-state index contributed by atoms with van der Waals surface area (Å²) in [7, 11) is -0.556. The Morgan fingerprint density at radius 2 is 2.05 bits per heavy atom. The zero-order valence-electron chi connectivity index (χ0n) is 12.0. The lowest BCUT2D eigenvalue weighted by atomic mass is 10.3. The summed E-state index contributed by atoms with van der Waals surface area (Å²) in [5, 5.41) is 3.18. The van der Waals surface area contributed by atoms with E-state index >= 15 is 0 Å². The standard InChI is InChI=1S/C11H19N3O5S2/c1-18-5-6(19-2)4-14-11-9(21(3,16)17)7(12)8(20-11)10(13)15/h6,14H,4-5,12H2,1-3H3,(H2,13,15). The second-order valence-electron chi connectivity index (χ2n) is 4.33. The normalized spacial score (nSPS) is 13.1.